The lowest BCUT2D eigenvalue weighted by atomic mass is 10.1. The third kappa shape index (κ3) is 1.96. The van der Waals surface area contributed by atoms with Crippen molar-refractivity contribution in [3.8, 4) is 0 Å². The molecule has 1 fully saturated rings. The molecular formula is C11H10ClNO. The summed E-state index contributed by atoms with van der Waals surface area (Å²) in [5.74, 6) is 0.0416. The molecule has 0 bridgehead atoms. The van der Waals surface area contributed by atoms with Crippen LogP contribution in [0.1, 0.15) is 12.0 Å². The van der Waals surface area contributed by atoms with E-state index in [2.05, 4.69) is 5.32 Å². The van der Waals surface area contributed by atoms with Crippen molar-refractivity contribution < 1.29 is 4.79 Å². The van der Waals surface area contributed by atoms with Gasteiger partial charge >= 0.3 is 0 Å². The molecule has 1 amide bonds. The number of carbonyl (C=O) groups is 1. The summed E-state index contributed by atoms with van der Waals surface area (Å²) >= 11 is 5.76. The fraction of sp³-hybridized carbons (Fsp3) is 0.182. The molecule has 0 aromatic heterocycles. The van der Waals surface area contributed by atoms with Gasteiger partial charge < -0.3 is 5.32 Å². The van der Waals surface area contributed by atoms with Gasteiger partial charge in [-0.15, -0.1) is 0 Å². The molecule has 0 saturated carbocycles. The molecule has 1 aromatic carbocycles. The van der Waals surface area contributed by atoms with Gasteiger partial charge in [0.2, 0.25) is 5.91 Å². The van der Waals surface area contributed by atoms with Crippen LogP contribution < -0.4 is 5.32 Å². The average Bonchev–Trinajstić information content (AvgIpc) is 2.56. The Labute approximate surface area is 87.6 Å². The van der Waals surface area contributed by atoms with Crippen molar-refractivity contribution in [1.82, 2.24) is 5.32 Å². The second-order valence-corrected chi connectivity index (χ2v) is 3.66. The zero-order chi connectivity index (χ0) is 9.97. The first-order chi connectivity index (χ1) is 6.75. The number of hydrogen-bond acceptors (Lipinski definition) is 1. The monoisotopic (exact) mass is 207 g/mol. The highest BCUT2D eigenvalue weighted by atomic mass is 35.5. The molecule has 1 aliphatic heterocycles. The number of benzene rings is 1. The van der Waals surface area contributed by atoms with Crippen molar-refractivity contribution in [2.24, 2.45) is 0 Å². The molecule has 1 saturated heterocycles. The second-order valence-electron chi connectivity index (χ2n) is 3.23. The van der Waals surface area contributed by atoms with Gasteiger partial charge in [-0.25, -0.2) is 0 Å². The molecule has 0 aliphatic carbocycles. The van der Waals surface area contributed by atoms with E-state index in [1.54, 1.807) is 0 Å². The van der Waals surface area contributed by atoms with Gasteiger partial charge in [-0.2, -0.15) is 0 Å². The largest absolute Gasteiger partial charge is 0.352 e. The van der Waals surface area contributed by atoms with Gasteiger partial charge in [0.25, 0.3) is 0 Å². The minimum atomic E-state index is 0.0416. The van der Waals surface area contributed by atoms with Crippen molar-refractivity contribution in [3.63, 3.8) is 0 Å². The van der Waals surface area contributed by atoms with E-state index in [0.29, 0.717) is 5.02 Å². The van der Waals surface area contributed by atoms with Gasteiger partial charge in [-0.3, -0.25) is 4.79 Å². The summed E-state index contributed by atoms with van der Waals surface area (Å²) in [6, 6.07) is 7.45. The second kappa shape index (κ2) is 3.84. The molecule has 1 aromatic rings. The number of nitrogens with one attached hydrogen (secondary N) is 1. The number of rotatable bonds is 1. The van der Waals surface area contributed by atoms with Crippen LogP contribution in [0.2, 0.25) is 5.02 Å². The highest BCUT2D eigenvalue weighted by Gasteiger charge is 2.15. The van der Waals surface area contributed by atoms with Gasteiger partial charge in [0.15, 0.2) is 0 Å². The Hall–Kier alpha value is -1.28. The summed E-state index contributed by atoms with van der Waals surface area (Å²) in [7, 11) is 0. The number of halogens is 1. The molecule has 3 heteroatoms. The molecule has 0 atom stereocenters. The Morgan fingerprint density at radius 1 is 1.29 bits per heavy atom. The molecule has 14 heavy (non-hydrogen) atoms. The van der Waals surface area contributed by atoms with Crippen LogP contribution in [0.3, 0.4) is 0 Å². The van der Waals surface area contributed by atoms with E-state index in [1.165, 1.54) is 0 Å². The topological polar surface area (TPSA) is 29.1 Å². The molecule has 2 rings (SSSR count). The van der Waals surface area contributed by atoms with E-state index >= 15 is 0 Å². The van der Waals surface area contributed by atoms with Gasteiger partial charge in [0.05, 0.1) is 0 Å². The first kappa shape index (κ1) is 9.28. The minimum absolute atomic E-state index is 0.0416. The van der Waals surface area contributed by atoms with Crippen LogP contribution in [0.25, 0.3) is 6.08 Å². The number of carbonyl (C=O) groups excluding carboxylic acids is 1. The molecular weight excluding hydrogens is 198 g/mol. The maximum absolute atomic E-state index is 11.2. The maximum Gasteiger partial charge on any atom is 0.247 e. The van der Waals surface area contributed by atoms with E-state index in [1.807, 2.05) is 30.3 Å². The lowest BCUT2D eigenvalue weighted by Crippen LogP contribution is -2.13. The summed E-state index contributed by atoms with van der Waals surface area (Å²) in [5.41, 5.74) is 1.86. The smallest absolute Gasteiger partial charge is 0.247 e. The zero-order valence-corrected chi connectivity index (χ0v) is 8.34. The molecule has 0 radical (unpaired) electrons. The average molecular weight is 208 g/mol. The molecule has 0 spiro atoms. The van der Waals surface area contributed by atoms with Crippen LogP contribution in [0.4, 0.5) is 0 Å². The lowest BCUT2D eigenvalue weighted by molar-refractivity contribution is -0.116. The fourth-order valence-electron chi connectivity index (χ4n) is 1.44. The van der Waals surface area contributed by atoms with Gasteiger partial charge in [0.1, 0.15) is 0 Å². The standard InChI is InChI=1S/C11H10ClNO/c12-10-3-1-8(2-4-10)7-9-5-6-13-11(9)14/h1-4,7H,5-6H2,(H,13,14). The molecule has 1 heterocycles. The SMILES string of the molecule is O=C1NCCC1=Cc1ccc(Cl)cc1. The lowest BCUT2D eigenvalue weighted by Gasteiger charge is -1.95. The molecule has 1 N–H and O–H groups in total. The van der Waals surface area contributed by atoms with Crippen LogP contribution in [0.5, 0.6) is 0 Å². The van der Waals surface area contributed by atoms with Gasteiger partial charge in [0, 0.05) is 17.1 Å². The van der Waals surface area contributed by atoms with Crippen molar-refractivity contribution in [2.45, 2.75) is 6.42 Å². The summed E-state index contributed by atoms with van der Waals surface area (Å²) in [4.78, 5) is 11.2. The minimum Gasteiger partial charge on any atom is -0.352 e. The van der Waals surface area contributed by atoms with E-state index in [-0.39, 0.29) is 5.91 Å². The normalized spacial score (nSPS) is 18.6. The van der Waals surface area contributed by atoms with Gasteiger partial charge in [-0.1, -0.05) is 23.7 Å². The van der Waals surface area contributed by atoms with Crippen molar-refractivity contribution in [2.75, 3.05) is 6.54 Å². The quantitative estimate of drug-likeness (QED) is 0.704. The van der Waals surface area contributed by atoms with Crippen LogP contribution in [0.15, 0.2) is 29.8 Å². The Morgan fingerprint density at radius 3 is 2.57 bits per heavy atom. The van der Waals surface area contributed by atoms with Crippen molar-refractivity contribution in [3.05, 3.63) is 40.4 Å². The maximum atomic E-state index is 11.2. The Kier molecular flexibility index (Phi) is 2.55. The highest BCUT2D eigenvalue weighted by Crippen LogP contribution is 2.15. The predicted octanol–water partition coefficient (Wildman–Crippen LogP) is 2.24. The van der Waals surface area contributed by atoms with Crippen molar-refractivity contribution >= 4 is 23.6 Å². The highest BCUT2D eigenvalue weighted by molar-refractivity contribution is 6.30. The summed E-state index contributed by atoms with van der Waals surface area (Å²) < 4.78 is 0. The first-order valence-electron chi connectivity index (χ1n) is 4.50. The summed E-state index contributed by atoms with van der Waals surface area (Å²) in [6.45, 7) is 0.748. The van der Waals surface area contributed by atoms with E-state index in [0.717, 1.165) is 24.1 Å². The zero-order valence-electron chi connectivity index (χ0n) is 7.59. The van der Waals surface area contributed by atoms with Gasteiger partial charge in [-0.05, 0) is 30.2 Å². The number of hydrogen-bond donors (Lipinski definition) is 1. The third-order valence-corrected chi connectivity index (χ3v) is 2.43. The summed E-state index contributed by atoms with van der Waals surface area (Å²) in [6.07, 6.45) is 2.71. The Balaban J connectivity index is 2.24. The van der Waals surface area contributed by atoms with E-state index in [4.69, 9.17) is 11.6 Å². The first-order valence-corrected chi connectivity index (χ1v) is 4.88. The Bertz CT molecular complexity index is 381. The number of amides is 1. The van der Waals surface area contributed by atoms with Crippen LogP contribution in [-0.2, 0) is 4.79 Å². The third-order valence-electron chi connectivity index (χ3n) is 2.18. The van der Waals surface area contributed by atoms with Crippen LogP contribution >= 0.6 is 11.6 Å². The van der Waals surface area contributed by atoms with Crippen molar-refractivity contribution in [1.29, 1.82) is 0 Å². The van der Waals surface area contributed by atoms with E-state index < -0.39 is 0 Å². The Morgan fingerprint density at radius 2 is 2.00 bits per heavy atom. The van der Waals surface area contributed by atoms with E-state index in [9.17, 15) is 4.79 Å². The molecule has 0 unspecified atom stereocenters. The molecule has 2 nitrogen and oxygen atoms in total. The van der Waals surface area contributed by atoms with Crippen LogP contribution in [0, 0.1) is 0 Å². The predicted molar refractivity (Wildman–Crippen MR) is 57.1 cm³/mol. The molecule has 1 aliphatic rings. The summed E-state index contributed by atoms with van der Waals surface area (Å²) in [5, 5.41) is 3.48. The van der Waals surface area contributed by atoms with Crippen LogP contribution in [-0.4, -0.2) is 12.5 Å². The fourth-order valence-corrected chi connectivity index (χ4v) is 1.56. The molecule has 72 valence electrons.